The second kappa shape index (κ2) is 6.49. The Balaban J connectivity index is 2.23. The van der Waals surface area contributed by atoms with Gasteiger partial charge in [0.05, 0.1) is 12.1 Å². The highest BCUT2D eigenvalue weighted by Crippen LogP contribution is 2.34. The highest BCUT2D eigenvalue weighted by atomic mass is 19.1. The summed E-state index contributed by atoms with van der Waals surface area (Å²) in [6.07, 6.45) is 1.77. The number of halogens is 2. The fourth-order valence-corrected chi connectivity index (χ4v) is 3.12. The van der Waals surface area contributed by atoms with Gasteiger partial charge in [-0.3, -0.25) is 9.69 Å². The van der Waals surface area contributed by atoms with Crippen molar-refractivity contribution >= 4 is 5.91 Å². The van der Waals surface area contributed by atoms with Gasteiger partial charge >= 0.3 is 0 Å². The van der Waals surface area contributed by atoms with Crippen molar-refractivity contribution in [2.45, 2.75) is 31.3 Å². The highest BCUT2D eigenvalue weighted by molar-refractivity contribution is 5.75. The number of methoxy groups -OCH3 is 1. The summed E-state index contributed by atoms with van der Waals surface area (Å²) in [5.74, 6) is -1.34. The van der Waals surface area contributed by atoms with Crippen LogP contribution >= 0.6 is 0 Å². The zero-order valence-electron chi connectivity index (χ0n) is 12.1. The molecule has 1 aromatic rings. The molecule has 1 fully saturated rings. The summed E-state index contributed by atoms with van der Waals surface area (Å²) in [6.45, 7) is 1.28. The number of carbonyl (C=O) groups excluding carboxylic acids is 1. The Labute approximate surface area is 122 Å². The molecule has 116 valence electrons. The van der Waals surface area contributed by atoms with Gasteiger partial charge in [0, 0.05) is 25.6 Å². The Kier molecular flexibility index (Phi) is 4.90. The number of benzene rings is 1. The first-order valence-corrected chi connectivity index (χ1v) is 6.93. The molecule has 2 rings (SSSR count). The number of likely N-dealkylation sites (tertiary alicyclic amines) is 1. The van der Waals surface area contributed by atoms with Gasteiger partial charge in [-0.1, -0.05) is 0 Å². The lowest BCUT2D eigenvalue weighted by molar-refractivity contribution is -0.121. The molecule has 1 heterocycles. The van der Waals surface area contributed by atoms with Gasteiger partial charge in [-0.15, -0.1) is 0 Å². The average molecular weight is 298 g/mol. The standard InChI is InChI=1S/C15H20F2N2O2/c1-21-10-15(8-14(18)20)5-2-6-19(15)9-11-7-12(16)3-4-13(11)17/h3-4,7H,2,5-6,8-10H2,1H3,(H2,18,20)/t15-/m0/s1. The van der Waals surface area contributed by atoms with Gasteiger partial charge in [-0.05, 0) is 37.6 Å². The number of hydrogen-bond acceptors (Lipinski definition) is 3. The summed E-state index contributed by atoms with van der Waals surface area (Å²) in [4.78, 5) is 13.3. The Morgan fingerprint density at radius 2 is 2.24 bits per heavy atom. The highest BCUT2D eigenvalue weighted by Gasteiger charge is 2.42. The molecule has 0 unspecified atom stereocenters. The van der Waals surface area contributed by atoms with Crippen molar-refractivity contribution in [2.24, 2.45) is 5.73 Å². The number of nitrogens with zero attached hydrogens (tertiary/aromatic N) is 1. The van der Waals surface area contributed by atoms with Crippen LogP contribution in [0.2, 0.25) is 0 Å². The number of carbonyl (C=O) groups is 1. The van der Waals surface area contributed by atoms with Gasteiger partial charge in [0.15, 0.2) is 0 Å². The van der Waals surface area contributed by atoms with E-state index in [0.717, 1.165) is 25.0 Å². The molecule has 0 bridgehead atoms. The molecule has 0 saturated carbocycles. The van der Waals surface area contributed by atoms with Gasteiger partial charge < -0.3 is 10.5 Å². The van der Waals surface area contributed by atoms with Gasteiger partial charge in [0.1, 0.15) is 11.6 Å². The van der Waals surface area contributed by atoms with E-state index < -0.39 is 23.1 Å². The number of primary amides is 1. The summed E-state index contributed by atoms with van der Waals surface area (Å²) in [5.41, 5.74) is 5.09. The molecular formula is C15H20F2N2O2. The summed E-state index contributed by atoms with van der Waals surface area (Å²) >= 11 is 0. The molecule has 6 heteroatoms. The maximum absolute atomic E-state index is 13.8. The SMILES string of the molecule is COC[C@@]1(CC(N)=O)CCCN1Cc1cc(F)ccc1F. The topological polar surface area (TPSA) is 55.6 Å². The van der Waals surface area contributed by atoms with Crippen molar-refractivity contribution in [3.8, 4) is 0 Å². The van der Waals surface area contributed by atoms with Crippen LogP contribution in [0.4, 0.5) is 8.78 Å². The number of amides is 1. The van der Waals surface area contributed by atoms with E-state index in [0.29, 0.717) is 13.2 Å². The van der Waals surface area contributed by atoms with Crippen LogP contribution in [0.5, 0.6) is 0 Å². The monoisotopic (exact) mass is 298 g/mol. The minimum Gasteiger partial charge on any atom is -0.383 e. The van der Waals surface area contributed by atoms with Crippen LogP contribution in [0, 0.1) is 11.6 Å². The molecule has 1 atom stereocenters. The van der Waals surface area contributed by atoms with Crippen LogP contribution in [0.3, 0.4) is 0 Å². The van der Waals surface area contributed by atoms with Crippen molar-refractivity contribution < 1.29 is 18.3 Å². The summed E-state index contributed by atoms with van der Waals surface area (Å²) in [5, 5.41) is 0. The van der Waals surface area contributed by atoms with Gasteiger partial charge in [0.25, 0.3) is 0 Å². The van der Waals surface area contributed by atoms with E-state index >= 15 is 0 Å². The molecule has 4 nitrogen and oxygen atoms in total. The predicted octanol–water partition coefficient (Wildman–Crippen LogP) is 1.82. The largest absolute Gasteiger partial charge is 0.383 e. The second-order valence-corrected chi connectivity index (χ2v) is 5.56. The Bertz CT molecular complexity index is 524. The second-order valence-electron chi connectivity index (χ2n) is 5.56. The first-order chi connectivity index (χ1) is 9.97. The van der Waals surface area contributed by atoms with E-state index in [1.165, 1.54) is 6.07 Å². The van der Waals surface area contributed by atoms with Crippen LogP contribution in [-0.4, -0.2) is 36.6 Å². The molecule has 0 aromatic heterocycles. The molecule has 1 aliphatic rings. The third-order valence-electron chi connectivity index (χ3n) is 4.03. The van der Waals surface area contributed by atoms with Crippen molar-refractivity contribution in [1.82, 2.24) is 4.90 Å². The number of rotatable bonds is 6. The van der Waals surface area contributed by atoms with Crippen LogP contribution in [0.15, 0.2) is 18.2 Å². The van der Waals surface area contributed by atoms with Crippen molar-refractivity contribution in [3.05, 3.63) is 35.4 Å². The molecular weight excluding hydrogens is 278 g/mol. The minimum atomic E-state index is -0.528. The maximum Gasteiger partial charge on any atom is 0.219 e. The zero-order valence-corrected chi connectivity index (χ0v) is 12.1. The first kappa shape index (κ1) is 15.9. The lowest BCUT2D eigenvalue weighted by atomic mass is 9.92. The van der Waals surface area contributed by atoms with Crippen molar-refractivity contribution in [3.63, 3.8) is 0 Å². The lowest BCUT2D eigenvalue weighted by Gasteiger charge is -2.37. The molecule has 2 N–H and O–H groups in total. The summed E-state index contributed by atoms with van der Waals surface area (Å²) in [7, 11) is 1.56. The van der Waals surface area contributed by atoms with Gasteiger partial charge in [-0.25, -0.2) is 8.78 Å². The fourth-order valence-electron chi connectivity index (χ4n) is 3.12. The zero-order chi connectivity index (χ0) is 15.5. The maximum atomic E-state index is 13.8. The molecule has 0 aliphatic carbocycles. The van der Waals surface area contributed by atoms with E-state index in [1.807, 2.05) is 4.90 Å². The van der Waals surface area contributed by atoms with Gasteiger partial charge in [0.2, 0.25) is 5.91 Å². The molecule has 1 saturated heterocycles. The van der Waals surface area contributed by atoms with E-state index in [9.17, 15) is 13.6 Å². The molecule has 1 aliphatic heterocycles. The number of ether oxygens (including phenoxy) is 1. The Hall–Kier alpha value is -1.53. The van der Waals surface area contributed by atoms with E-state index in [4.69, 9.17) is 10.5 Å². The molecule has 1 aromatic carbocycles. The summed E-state index contributed by atoms with van der Waals surface area (Å²) in [6, 6.07) is 3.40. The molecule has 0 radical (unpaired) electrons. The smallest absolute Gasteiger partial charge is 0.219 e. The lowest BCUT2D eigenvalue weighted by Crippen LogP contribution is -2.49. The quantitative estimate of drug-likeness (QED) is 0.871. The van der Waals surface area contributed by atoms with Crippen molar-refractivity contribution in [1.29, 1.82) is 0 Å². The van der Waals surface area contributed by atoms with Crippen LogP contribution in [0.1, 0.15) is 24.8 Å². The van der Waals surface area contributed by atoms with E-state index in [2.05, 4.69) is 0 Å². The van der Waals surface area contributed by atoms with E-state index in [1.54, 1.807) is 7.11 Å². The molecule has 21 heavy (non-hydrogen) atoms. The van der Waals surface area contributed by atoms with Crippen LogP contribution < -0.4 is 5.73 Å². The average Bonchev–Trinajstić information content (AvgIpc) is 2.76. The minimum absolute atomic E-state index is 0.151. The third-order valence-corrected chi connectivity index (χ3v) is 4.03. The van der Waals surface area contributed by atoms with Crippen LogP contribution in [0.25, 0.3) is 0 Å². The van der Waals surface area contributed by atoms with E-state index in [-0.39, 0.29) is 18.5 Å². The van der Waals surface area contributed by atoms with Gasteiger partial charge in [-0.2, -0.15) is 0 Å². The Morgan fingerprint density at radius 1 is 1.48 bits per heavy atom. The number of hydrogen-bond donors (Lipinski definition) is 1. The molecule has 0 spiro atoms. The third kappa shape index (κ3) is 3.57. The first-order valence-electron chi connectivity index (χ1n) is 6.93. The summed E-state index contributed by atoms with van der Waals surface area (Å²) < 4.78 is 32.3. The fraction of sp³-hybridized carbons (Fsp3) is 0.533. The van der Waals surface area contributed by atoms with Crippen molar-refractivity contribution in [2.75, 3.05) is 20.3 Å². The predicted molar refractivity (Wildman–Crippen MR) is 74.4 cm³/mol. The van der Waals surface area contributed by atoms with Crippen LogP contribution in [-0.2, 0) is 16.1 Å². The molecule has 1 amide bonds. The Morgan fingerprint density at radius 3 is 2.90 bits per heavy atom. The number of nitrogens with two attached hydrogens (primary N) is 1. The normalized spacial score (nSPS) is 22.6.